The van der Waals surface area contributed by atoms with Crippen LogP contribution in [0.3, 0.4) is 0 Å². The molecule has 5 nitrogen and oxygen atoms in total. The Balaban J connectivity index is 2.38. The molecule has 0 radical (unpaired) electrons. The van der Waals surface area contributed by atoms with Crippen molar-refractivity contribution >= 4 is 17.7 Å². The Morgan fingerprint density at radius 2 is 2.11 bits per heavy atom. The van der Waals surface area contributed by atoms with E-state index in [9.17, 15) is 0 Å². The average molecular weight is 288 g/mol. The number of guanidine groups is 1. The third-order valence-corrected chi connectivity index (χ3v) is 4.04. The number of aliphatic imine (C=N–C) groups is 1. The molecule has 1 aliphatic heterocycles. The van der Waals surface area contributed by atoms with Crippen LogP contribution in [-0.2, 0) is 4.74 Å². The summed E-state index contributed by atoms with van der Waals surface area (Å²) in [4.78, 5) is 8.85. The molecule has 112 valence electrons. The van der Waals surface area contributed by atoms with E-state index >= 15 is 0 Å². The monoisotopic (exact) mass is 288 g/mol. The Labute approximate surface area is 121 Å². The van der Waals surface area contributed by atoms with Crippen LogP contribution in [0.4, 0.5) is 0 Å². The maximum atomic E-state index is 6.05. The van der Waals surface area contributed by atoms with E-state index in [0.717, 1.165) is 44.2 Å². The predicted molar refractivity (Wildman–Crippen MR) is 84.0 cm³/mol. The highest BCUT2D eigenvalue weighted by atomic mass is 32.2. The minimum absolute atomic E-state index is 0.171. The molecule has 0 amide bonds. The molecule has 0 aromatic rings. The van der Waals surface area contributed by atoms with E-state index in [0.29, 0.717) is 12.5 Å². The Hall–Kier alpha value is -0.460. The van der Waals surface area contributed by atoms with Crippen molar-refractivity contribution in [2.75, 3.05) is 58.4 Å². The molecule has 0 aromatic heterocycles. The lowest BCUT2D eigenvalue weighted by molar-refractivity contribution is 0.0581. The first-order valence-electron chi connectivity index (χ1n) is 7.02. The molecule has 19 heavy (non-hydrogen) atoms. The lowest BCUT2D eigenvalue weighted by atomic mass is 10.2. The molecule has 2 N–H and O–H groups in total. The molecule has 1 unspecified atom stereocenters. The second kappa shape index (κ2) is 9.44. The van der Waals surface area contributed by atoms with Gasteiger partial charge in [-0.05, 0) is 27.4 Å². The summed E-state index contributed by atoms with van der Waals surface area (Å²) in [6.07, 6.45) is 1.16. The highest BCUT2D eigenvalue weighted by Gasteiger charge is 2.13. The van der Waals surface area contributed by atoms with Crippen molar-refractivity contribution < 1.29 is 4.74 Å². The fraction of sp³-hybridized carbons (Fsp3) is 0.923. The minimum Gasteiger partial charge on any atom is -0.377 e. The largest absolute Gasteiger partial charge is 0.377 e. The van der Waals surface area contributed by atoms with Gasteiger partial charge in [-0.1, -0.05) is 0 Å². The van der Waals surface area contributed by atoms with Crippen LogP contribution in [0.15, 0.2) is 4.99 Å². The third kappa shape index (κ3) is 7.03. The maximum Gasteiger partial charge on any atom is 0.191 e. The third-order valence-electron chi connectivity index (χ3n) is 3.09. The van der Waals surface area contributed by atoms with Crippen LogP contribution < -0.4 is 5.73 Å². The molecule has 0 aliphatic carbocycles. The van der Waals surface area contributed by atoms with E-state index in [-0.39, 0.29) is 6.10 Å². The smallest absolute Gasteiger partial charge is 0.191 e. The molecule has 0 saturated carbocycles. The standard InChI is InChI=1S/C13H28N4OS/c1-4-18-12(5-6-16(2)3)11-15-13(14)17-7-9-19-10-8-17/h12H,4-11H2,1-3H3,(H2,14,15). The topological polar surface area (TPSA) is 54.1 Å². The fourth-order valence-corrected chi connectivity index (χ4v) is 2.86. The Morgan fingerprint density at radius 3 is 2.68 bits per heavy atom. The van der Waals surface area contributed by atoms with Gasteiger partial charge in [0.2, 0.25) is 0 Å². The van der Waals surface area contributed by atoms with Crippen molar-refractivity contribution in [3.8, 4) is 0 Å². The first kappa shape index (κ1) is 16.6. The maximum absolute atomic E-state index is 6.05. The highest BCUT2D eigenvalue weighted by Crippen LogP contribution is 2.09. The van der Waals surface area contributed by atoms with E-state index in [1.807, 2.05) is 18.7 Å². The Bertz CT molecular complexity index is 267. The van der Waals surface area contributed by atoms with Gasteiger partial charge in [-0.3, -0.25) is 4.99 Å². The summed E-state index contributed by atoms with van der Waals surface area (Å²) in [5, 5.41) is 0. The number of thioether (sulfide) groups is 1. The van der Waals surface area contributed by atoms with E-state index in [1.54, 1.807) is 0 Å². The molecule has 1 saturated heterocycles. The van der Waals surface area contributed by atoms with Crippen molar-refractivity contribution in [1.82, 2.24) is 9.80 Å². The number of nitrogens with zero attached hydrogens (tertiary/aromatic N) is 3. The summed E-state index contributed by atoms with van der Waals surface area (Å²) in [6, 6.07) is 0. The van der Waals surface area contributed by atoms with Crippen molar-refractivity contribution in [2.45, 2.75) is 19.4 Å². The number of ether oxygens (including phenoxy) is 1. The van der Waals surface area contributed by atoms with Crippen LogP contribution in [0.1, 0.15) is 13.3 Å². The second-order valence-corrected chi connectivity index (χ2v) is 6.19. The van der Waals surface area contributed by atoms with Crippen LogP contribution in [0, 0.1) is 0 Å². The highest BCUT2D eigenvalue weighted by molar-refractivity contribution is 7.99. The number of nitrogens with two attached hydrogens (primary N) is 1. The van der Waals surface area contributed by atoms with E-state index in [4.69, 9.17) is 10.5 Å². The summed E-state index contributed by atoms with van der Waals surface area (Å²) in [5.74, 6) is 2.96. The predicted octanol–water partition coefficient (Wildman–Crippen LogP) is 0.707. The molecule has 0 bridgehead atoms. The normalized spacial score (nSPS) is 18.9. The first-order chi connectivity index (χ1) is 9.13. The van der Waals surface area contributed by atoms with Gasteiger partial charge in [-0.2, -0.15) is 11.8 Å². The fourth-order valence-electron chi connectivity index (χ4n) is 1.95. The lowest BCUT2D eigenvalue weighted by Crippen LogP contribution is -2.43. The quantitative estimate of drug-likeness (QED) is 0.552. The van der Waals surface area contributed by atoms with Gasteiger partial charge in [-0.15, -0.1) is 0 Å². The Morgan fingerprint density at radius 1 is 1.42 bits per heavy atom. The van der Waals surface area contributed by atoms with Gasteiger partial charge in [0.05, 0.1) is 12.6 Å². The molecule has 0 spiro atoms. The van der Waals surface area contributed by atoms with Crippen LogP contribution >= 0.6 is 11.8 Å². The van der Waals surface area contributed by atoms with Gasteiger partial charge in [0, 0.05) is 37.7 Å². The summed E-state index contributed by atoms with van der Waals surface area (Å²) < 4.78 is 5.72. The van der Waals surface area contributed by atoms with E-state index < -0.39 is 0 Å². The van der Waals surface area contributed by atoms with Gasteiger partial charge in [0.1, 0.15) is 0 Å². The van der Waals surface area contributed by atoms with Gasteiger partial charge >= 0.3 is 0 Å². The summed E-state index contributed by atoms with van der Waals surface area (Å²) in [6.45, 7) is 6.46. The first-order valence-corrected chi connectivity index (χ1v) is 8.18. The van der Waals surface area contributed by atoms with E-state index in [2.05, 4.69) is 28.9 Å². The molecule has 0 aromatic carbocycles. The average Bonchev–Trinajstić information content (AvgIpc) is 2.42. The van der Waals surface area contributed by atoms with Crippen molar-refractivity contribution in [2.24, 2.45) is 10.7 Å². The molecule has 1 aliphatic rings. The molecule has 1 fully saturated rings. The summed E-state index contributed by atoms with van der Waals surface area (Å²) in [5.41, 5.74) is 6.05. The van der Waals surface area contributed by atoms with Crippen molar-refractivity contribution in [3.05, 3.63) is 0 Å². The van der Waals surface area contributed by atoms with Gasteiger partial charge < -0.3 is 20.3 Å². The van der Waals surface area contributed by atoms with Crippen molar-refractivity contribution in [3.63, 3.8) is 0 Å². The molecule has 1 rings (SSSR count). The van der Waals surface area contributed by atoms with Gasteiger partial charge in [0.25, 0.3) is 0 Å². The minimum atomic E-state index is 0.171. The number of rotatable bonds is 7. The van der Waals surface area contributed by atoms with Crippen LogP contribution in [0.5, 0.6) is 0 Å². The second-order valence-electron chi connectivity index (χ2n) is 4.97. The zero-order valence-corrected chi connectivity index (χ0v) is 13.3. The Kier molecular flexibility index (Phi) is 8.25. The lowest BCUT2D eigenvalue weighted by Gasteiger charge is -2.27. The van der Waals surface area contributed by atoms with Crippen LogP contribution in [0.25, 0.3) is 0 Å². The number of hydrogen-bond donors (Lipinski definition) is 1. The summed E-state index contributed by atoms with van der Waals surface area (Å²) in [7, 11) is 4.15. The van der Waals surface area contributed by atoms with Gasteiger partial charge in [-0.25, -0.2) is 0 Å². The molecular weight excluding hydrogens is 260 g/mol. The van der Waals surface area contributed by atoms with Crippen molar-refractivity contribution in [1.29, 1.82) is 0 Å². The zero-order valence-electron chi connectivity index (χ0n) is 12.5. The molecule has 1 heterocycles. The van der Waals surface area contributed by atoms with E-state index in [1.165, 1.54) is 0 Å². The summed E-state index contributed by atoms with van der Waals surface area (Å²) >= 11 is 1.98. The van der Waals surface area contributed by atoms with Crippen LogP contribution in [-0.4, -0.2) is 80.3 Å². The zero-order chi connectivity index (χ0) is 14.1. The van der Waals surface area contributed by atoms with Crippen LogP contribution in [0.2, 0.25) is 0 Å². The molecular formula is C13H28N4OS. The molecule has 1 atom stereocenters. The number of hydrogen-bond acceptors (Lipinski definition) is 4. The van der Waals surface area contributed by atoms with Gasteiger partial charge in [0.15, 0.2) is 5.96 Å². The SMILES string of the molecule is CCOC(CCN(C)C)CN=C(N)N1CCSCC1. The molecule has 6 heteroatoms.